The molecule has 3 nitrogen and oxygen atoms in total. The largest absolute Gasteiger partial charge is 0.270 e. The maximum atomic E-state index is 11.3. The van der Waals surface area contributed by atoms with E-state index in [1.54, 1.807) is 0 Å². The van der Waals surface area contributed by atoms with Crippen LogP contribution in [0, 0.1) is 0 Å². The van der Waals surface area contributed by atoms with Gasteiger partial charge < -0.3 is 0 Å². The van der Waals surface area contributed by atoms with Gasteiger partial charge in [0.05, 0.1) is 12.9 Å². The first kappa shape index (κ1) is 18.4. The van der Waals surface area contributed by atoms with Crippen LogP contribution < -0.4 is 0 Å². The second-order valence-corrected chi connectivity index (χ2v) is 7.91. The van der Waals surface area contributed by atoms with E-state index < -0.39 is 10.1 Å². The summed E-state index contributed by atoms with van der Waals surface area (Å²) in [5, 5.41) is 0. The first-order valence-electron chi connectivity index (χ1n) is 8.58. The van der Waals surface area contributed by atoms with E-state index in [-0.39, 0.29) is 12.5 Å². The van der Waals surface area contributed by atoms with Crippen molar-refractivity contribution in [2.24, 2.45) is 0 Å². The van der Waals surface area contributed by atoms with E-state index in [9.17, 15) is 8.42 Å². The van der Waals surface area contributed by atoms with Crippen molar-refractivity contribution >= 4 is 10.1 Å². The van der Waals surface area contributed by atoms with Gasteiger partial charge in [0.2, 0.25) is 0 Å². The molecular weight excluding hydrogens is 344 g/mol. The Morgan fingerprint density at radius 2 is 1.23 bits per heavy atom. The molecule has 3 rings (SSSR count). The smallest absolute Gasteiger partial charge is 0.264 e. The Hall–Kier alpha value is -2.43. The second kappa shape index (κ2) is 8.30. The Morgan fingerprint density at radius 1 is 0.731 bits per heavy atom. The van der Waals surface area contributed by atoms with Crippen molar-refractivity contribution in [3.8, 4) is 11.1 Å². The molecule has 26 heavy (non-hydrogen) atoms. The maximum absolute atomic E-state index is 11.3. The zero-order valence-electron chi connectivity index (χ0n) is 14.7. The molecule has 0 saturated heterocycles. The molecule has 0 aliphatic heterocycles. The minimum absolute atomic E-state index is 0.0859. The van der Waals surface area contributed by atoms with Crippen molar-refractivity contribution in [2.75, 3.05) is 12.9 Å². The number of hydrogen-bond acceptors (Lipinski definition) is 3. The van der Waals surface area contributed by atoms with Crippen LogP contribution in [0.5, 0.6) is 0 Å². The molecule has 4 heteroatoms. The molecule has 134 valence electrons. The van der Waals surface area contributed by atoms with Crippen molar-refractivity contribution in [3.05, 3.63) is 96.1 Å². The van der Waals surface area contributed by atoms with Gasteiger partial charge in [0.1, 0.15) is 0 Å². The molecule has 1 unspecified atom stereocenters. The fourth-order valence-electron chi connectivity index (χ4n) is 3.07. The summed E-state index contributed by atoms with van der Waals surface area (Å²) >= 11 is 0. The lowest BCUT2D eigenvalue weighted by molar-refractivity contribution is 0.309. The summed E-state index contributed by atoms with van der Waals surface area (Å²) in [5.74, 6) is 0.0859. The van der Waals surface area contributed by atoms with Crippen molar-refractivity contribution in [1.82, 2.24) is 0 Å². The van der Waals surface area contributed by atoms with Crippen LogP contribution in [0.25, 0.3) is 11.1 Å². The average molecular weight is 366 g/mol. The lowest BCUT2D eigenvalue weighted by Gasteiger charge is -2.18. The minimum atomic E-state index is -3.43. The fourth-order valence-corrected chi connectivity index (χ4v) is 3.47. The van der Waals surface area contributed by atoms with Crippen LogP contribution in [0.3, 0.4) is 0 Å². The van der Waals surface area contributed by atoms with E-state index in [1.165, 1.54) is 5.56 Å². The second-order valence-electron chi connectivity index (χ2n) is 6.27. The first-order chi connectivity index (χ1) is 12.5. The Balaban J connectivity index is 1.84. The predicted molar refractivity (Wildman–Crippen MR) is 106 cm³/mol. The summed E-state index contributed by atoms with van der Waals surface area (Å²) in [5.41, 5.74) is 4.63. The molecule has 0 heterocycles. The molecule has 0 amide bonds. The molecule has 0 fully saturated rings. The van der Waals surface area contributed by atoms with E-state index in [0.29, 0.717) is 6.42 Å². The minimum Gasteiger partial charge on any atom is -0.270 e. The third kappa shape index (κ3) is 5.04. The van der Waals surface area contributed by atoms with E-state index in [0.717, 1.165) is 22.9 Å². The van der Waals surface area contributed by atoms with Crippen LogP contribution in [0.2, 0.25) is 0 Å². The summed E-state index contributed by atoms with van der Waals surface area (Å²) in [6.45, 7) is 0.166. The first-order valence-corrected chi connectivity index (χ1v) is 10.4. The third-order valence-corrected chi connectivity index (χ3v) is 4.92. The van der Waals surface area contributed by atoms with Gasteiger partial charge in [0.15, 0.2) is 0 Å². The van der Waals surface area contributed by atoms with E-state index in [1.807, 2.05) is 36.4 Å². The molecule has 0 aliphatic rings. The highest BCUT2D eigenvalue weighted by atomic mass is 32.2. The van der Waals surface area contributed by atoms with Crippen molar-refractivity contribution in [3.63, 3.8) is 0 Å². The topological polar surface area (TPSA) is 43.4 Å². The Morgan fingerprint density at radius 3 is 1.81 bits per heavy atom. The number of benzene rings is 3. The van der Waals surface area contributed by atoms with Crippen molar-refractivity contribution in [1.29, 1.82) is 0 Å². The van der Waals surface area contributed by atoms with E-state index in [4.69, 9.17) is 4.18 Å². The van der Waals surface area contributed by atoms with Crippen molar-refractivity contribution < 1.29 is 12.6 Å². The third-order valence-electron chi connectivity index (χ3n) is 4.33. The number of rotatable bonds is 7. The van der Waals surface area contributed by atoms with Gasteiger partial charge in [-0.25, -0.2) is 0 Å². The lowest BCUT2D eigenvalue weighted by Crippen LogP contribution is -2.09. The van der Waals surface area contributed by atoms with Crippen LogP contribution in [-0.4, -0.2) is 21.3 Å². The van der Waals surface area contributed by atoms with Gasteiger partial charge in [-0.15, -0.1) is 0 Å². The highest BCUT2D eigenvalue weighted by molar-refractivity contribution is 7.85. The highest BCUT2D eigenvalue weighted by Gasteiger charge is 2.15. The molecule has 0 aromatic heterocycles. The van der Waals surface area contributed by atoms with Crippen LogP contribution in [0.4, 0.5) is 0 Å². The predicted octanol–water partition coefficient (Wildman–Crippen LogP) is 4.85. The van der Waals surface area contributed by atoms with E-state index >= 15 is 0 Å². The molecule has 3 aromatic carbocycles. The molecule has 3 aromatic rings. The summed E-state index contributed by atoms with van der Waals surface area (Å²) in [4.78, 5) is 0. The molecule has 0 N–H and O–H groups in total. The summed E-state index contributed by atoms with van der Waals surface area (Å²) in [6, 6.07) is 28.8. The molecular formula is C22H22O3S. The zero-order chi connectivity index (χ0) is 18.4. The molecule has 0 spiro atoms. The summed E-state index contributed by atoms with van der Waals surface area (Å²) in [6.07, 6.45) is 1.68. The lowest BCUT2D eigenvalue weighted by atomic mass is 9.88. The molecule has 1 atom stereocenters. The van der Waals surface area contributed by atoms with Crippen LogP contribution in [-0.2, 0) is 14.3 Å². The quantitative estimate of drug-likeness (QED) is 0.561. The standard InChI is InChI=1S/C22H22O3S/c1-26(23,24)25-17-16-22(20-10-6-3-7-11-20)21-14-12-19(13-15-21)18-8-4-2-5-9-18/h2-15,22H,16-17H2,1H3. The molecule has 0 bridgehead atoms. The Kier molecular flexibility index (Phi) is 5.86. The van der Waals surface area contributed by atoms with Crippen LogP contribution in [0.1, 0.15) is 23.5 Å². The van der Waals surface area contributed by atoms with Gasteiger partial charge in [-0.2, -0.15) is 8.42 Å². The summed E-state index contributed by atoms with van der Waals surface area (Å²) < 4.78 is 27.5. The molecule has 0 radical (unpaired) electrons. The van der Waals surface area contributed by atoms with Gasteiger partial charge in [0.25, 0.3) is 10.1 Å². The fraction of sp³-hybridized carbons (Fsp3) is 0.182. The molecule has 0 saturated carbocycles. The molecule has 0 aliphatic carbocycles. The highest BCUT2D eigenvalue weighted by Crippen LogP contribution is 2.30. The van der Waals surface area contributed by atoms with Gasteiger partial charge in [-0.3, -0.25) is 4.18 Å². The normalized spacial score (nSPS) is 12.7. The summed E-state index contributed by atoms with van der Waals surface area (Å²) in [7, 11) is -3.43. The monoisotopic (exact) mass is 366 g/mol. The van der Waals surface area contributed by atoms with Crippen LogP contribution >= 0.6 is 0 Å². The van der Waals surface area contributed by atoms with Crippen LogP contribution in [0.15, 0.2) is 84.9 Å². The average Bonchev–Trinajstić information content (AvgIpc) is 2.66. The van der Waals surface area contributed by atoms with Gasteiger partial charge >= 0.3 is 0 Å². The van der Waals surface area contributed by atoms with E-state index in [2.05, 4.69) is 48.5 Å². The Bertz CT molecular complexity index is 918. The van der Waals surface area contributed by atoms with Gasteiger partial charge in [-0.1, -0.05) is 84.9 Å². The SMILES string of the molecule is CS(=O)(=O)OCCC(c1ccccc1)c1ccc(-c2ccccc2)cc1. The number of hydrogen-bond donors (Lipinski definition) is 0. The van der Waals surface area contributed by atoms with Gasteiger partial charge in [-0.05, 0) is 28.7 Å². The van der Waals surface area contributed by atoms with Crippen molar-refractivity contribution in [2.45, 2.75) is 12.3 Å². The zero-order valence-corrected chi connectivity index (χ0v) is 15.5. The Labute approximate surface area is 155 Å². The maximum Gasteiger partial charge on any atom is 0.264 e. The van der Waals surface area contributed by atoms with Gasteiger partial charge in [0, 0.05) is 5.92 Å².